The van der Waals surface area contributed by atoms with Crippen LogP contribution >= 0.6 is 23.8 Å². The van der Waals surface area contributed by atoms with Gasteiger partial charge in [0, 0.05) is 12.1 Å². The van der Waals surface area contributed by atoms with Crippen LogP contribution in [0.15, 0.2) is 12.1 Å². The molecule has 0 aromatic heterocycles. The minimum absolute atomic E-state index is 0.113. The molecule has 0 radical (unpaired) electrons. The second-order valence-electron chi connectivity index (χ2n) is 5.78. The highest BCUT2D eigenvalue weighted by molar-refractivity contribution is 7.80. The highest BCUT2D eigenvalue weighted by atomic mass is 35.5. The van der Waals surface area contributed by atoms with Gasteiger partial charge in [-0.1, -0.05) is 31.4 Å². The van der Waals surface area contributed by atoms with E-state index in [1.807, 2.05) is 6.92 Å². The molecule has 1 rings (SSSR count). The summed E-state index contributed by atoms with van der Waals surface area (Å²) in [6, 6.07) is 2.54. The van der Waals surface area contributed by atoms with Gasteiger partial charge in [0.2, 0.25) is 5.91 Å². The number of unbranched alkanes of at least 4 members (excludes halogenated alkanes) is 1. The van der Waals surface area contributed by atoms with Crippen LogP contribution in [0.2, 0.25) is 5.02 Å². The van der Waals surface area contributed by atoms with E-state index in [0.29, 0.717) is 28.6 Å². The van der Waals surface area contributed by atoms with Crippen LogP contribution in [-0.4, -0.2) is 50.9 Å². The molecule has 1 amide bonds. The molecule has 0 aliphatic rings. The van der Waals surface area contributed by atoms with Crippen molar-refractivity contribution < 1.29 is 23.8 Å². The number of nitrogens with one attached hydrogen (secondary N) is 3. The van der Waals surface area contributed by atoms with E-state index in [4.69, 9.17) is 38.0 Å². The maximum Gasteiger partial charge on any atom is 0.328 e. The molecular weight excluding hydrogens is 406 g/mol. The van der Waals surface area contributed by atoms with E-state index in [0.717, 1.165) is 12.8 Å². The minimum Gasteiger partial charge on any atom is -0.495 e. The van der Waals surface area contributed by atoms with E-state index in [1.165, 1.54) is 21.3 Å². The summed E-state index contributed by atoms with van der Waals surface area (Å²) < 4.78 is 15.2. The molecule has 3 N–H and O–H groups in total. The van der Waals surface area contributed by atoms with E-state index >= 15 is 0 Å². The van der Waals surface area contributed by atoms with Gasteiger partial charge in [0.15, 0.2) is 5.11 Å². The Labute approximate surface area is 175 Å². The number of anilines is 1. The van der Waals surface area contributed by atoms with Gasteiger partial charge in [0.25, 0.3) is 0 Å². The maximum atomic E-state index is 12.1. The summed E-state index contributed by atoms with van der Waals surface area (Å²) in [6.45, 7) is 1.89. The average molecular weight is 432 g/mol. The molecule has 156 valence electrons. The molecule has 0 bridgehead atoms. The van der Waals surface area contributed by atoms with Crippen LogP contribution in [0.1, 0.15) is 26.2 Å². The molecular formula is C18H26ClN3O5S. The van der Waals surface area contributed by atoms with Crippen LogP contribution in [0.4, 0.5) is 5.69 Å². The maximum absolute atomic E-state index is 12.1. The smallest absolute Gasteiger partial charge is 0.328 e. The first kappa shape index (κ1) is 23.8. The molecule has 1 aromatic carbocycles. The molecule has 0 aliphatic heterocycles. The van der Waals surface area contributed by atoms with Gasteiger partial charge in [-0.25, -0.2) is 4.79 Å². The number of hydrogen-bond acceptors (Lipinski definition) is 6. The zero-order valence-corrected chi connectivity index (χ0v) is 18.0. The lowest BCUT2D eigenvalue weighted by molar-refractivity contribution is -0.145. The molecule has 0 saturated carbocycles. The molecule has 8 nitrogen and oxygen atoms in total. The molecule has 10 heteroatoms. The van der Waals surface area contributed by atoms with Crippen LogP contribution in [0.5, 0.6) is 11.5 Å². The van der Waals surface area contributed by atoms with E-state index in [1.54, 1.807) is 12.1 Å². The SMILES string of the molecule is CCCCC(NC(=O)CNC(=S)Nc1cc(OC)c(Cl)cc1OC)C(=O)OC. The number of benzene rings is 1. The van der Waals surface area contributed by atoms with Crippen molar-refractivity contribution in [1.82, 2.24) is 10.6 Å². The topological polar surface area (TPSA) is 97.9 Å². The Kier molecular flexibility index (Phi) is 10.4. The third kappa shape index (κ3) is 7.40. The van der Waals surface area contributed by atoms with E-state index in [2.05, 4.69) is 16.0 Å². The number of methoxy groups -OCH3 is 3. The van der Waals surface area contributed by atoms with E-state index < -0.39 is 12.0 Å². The van der Waals surface area contributed by atoms with Gasteiger partial charge in [-0.05, 0) is 18.6 Å². The number of carbonyl (C=O) groups is 2. The third-order valence-corrected chi connectivity index (χ3v) is 4.34. The van der Waals surface area contributed by atoms with Crippen LogP contribution in [0.3, 0.4) is 0 Å². The molecule has 1 unspecified atom stereocenters. The number of halogens is 1. The molecule has 1 atom stereocenters. The quantitative estimate of drug-likeness (QED) is 0.384. The van der Waals surface area contributed by atoms with Gasteiger partial charge in [0.1, 0.15) is 17.5 Å². The molecule has 0 spiro atoms. The highest BCUT2D eigenvalue weighted by Gasteiger charge is 2.20. The summed E-state index contributed by atoms with van der Waals surface area (Å²) in [5, 5.41) is 8.94. The monoisotopic (exact) mass is 431 g/mol. The van der Waals surface area contributed by atoms with Crippen molar-refractivity contribution in [3.05, 3.63) is 17.2 Å². The first-order valence-electron chi connectivity index (χ1n) is 8.69. The lowest BCUT2D eigenvalue weighted by Gasteiger charge is -2.18. The third-order valence-electron chi connectivity index (χ3n) is 3.80. The number of carbonyl (C=O) groups excluding carboxylic acids is 2. The summed E-state index contributed by atoms with van der Waals surface area (Å²) in [5.41, 5.74) is 0.525. The fourth-order valence-corrected chi connectivity index (χ4v) is 2.74. The Hall–Kier alpha value is -2.26. The fourth-order valence-electron chi connectivity index (χ4n) is 2.33. The van der Waals surface area contributed by atoms with Crippen molar-refractivity contribution in [2.24, 2.45) is 0 Å². The highest BCUT2D eigenvalue weighted by Crippen LogP contribution is 2.35. The largest absolute Gasteiger partial charge is 0.495 e. The van der Waals surface area contributed by atoms with E-state index in [9.17, 15) is 9.59 Å². The van der Waals surface area contributed by atoms with Gasteiger partial charge < -0.3 is 30.2 Å². The van der Waals surface area contributed by atoms with Crippen molar-refractivity contribution in [3.8, 4) is 11.5 Å². The van der Waals surface area contributed by atoms with Crippen molar-refractivity contribution in [1.29, 1.82) is 0 Å². The van der Waals surface area contributed by atoms with Gasteiger partial charge in [-0.15, -0.1) is 0 Å². The lowest BCUT2D eigenvalue weighted by atomic mass is 10.1. The Balaban J connectivity index is 2.64. The van der Waals surface area contributed by atoms with Crippen molar-refractivity contribution in [3.63, 3.8) is 0 Å². The number of esters is 1. The molecule has 28 heavy (non-hydrogen) atoms. The summed E-state index contributed by atoms with van der Waals surface area (Å²) >= 11 is 11.3. The summed E-state index contributed by atoms with van der Waals surface area (Å²) in [4.78, 5) is 23.9. The van der Waals surface area contributed by atoms with Crippen LogP contribution in [0, 0.1) is 0 Å². The number of hydrogen-bond donors (Lipinski definition) is 3. The van der Waals surface area contributed by atoms with E-state index in [-0.39, 0.29) is 17.6 Å². The van der Waals surface area contributed by atoms with Crippen LogP contribution in [-0.2, 0) is 14.3 Å². The Morgan fingerprint density at radius 2 is 1.86 bits per heavy atom. The van der Waals surface area contributed by atoms with Crippen LogP contribution in [0.25, 0.3) is 0 Å². The standard InChI is InChI=1S/C18H26ClN3O5S/c1-5-6-7-12(17(24)27-4)21-16(23)10-20-18(28)22-13-9-14(25-2)11(19)8-15(13)26-3/h8-9,12H,5-7,10H2,1-4H3,(H,21,23)(H2,20,22,28). The molecule has 0 fully saturated rings. The second-order valence-corrected chi connectivity index (χ2v) is 6.60. The Bertz CT molecular complexity index is 702. The summed E-state index contributed by atoms with van der Waals surface area (Å²) in [6.07, 6.45) is 2.22. The first-order valence-corrected chi connectivity index (χ1v) is 9.48. The minimum atomic E-state index is -0.679. The molecule has 0 saturated heterocycles. The van der Waals surface area contributed by atoms with Crippen molar-refractivity contribution in [2.45, 2.75) is 32.2 Å². The number of rotatable bonds is 10. The normalized spacial score (nSPS) is 11.2. The summed E-state index contributed by atoms with van der Waals surface area (Å²) in [5.74, 6) is 0.0591. The predicted octanol–water partition coefficient (Wildman–Crippen LogP) is 2.49. The van der Waals surface area contributed by atoms with Crippen LogP contribution < -0.4 is 25.4 Å². The average Bonchev–Trinajstić information content (AvgIpc) is 2.69. The predicted molar refractivity (Wildman–Crippen MR) is 112 cm³/mol. The zero-order valence-electron chi connectivity index (χ0n) is 16.4. The van der Waals surface area contributed by atoms with Crippen molar-refractivity contribution in [2.75, 3.05) is 33.2 Å². The fraction of sp³-hybridized carbons (Fsp3) is 0.500. The Morgan fingerprint density at radius 3 is 2.43 bits per heavy atom. The molecule has 1 aromatic rings. The zero-order chi connectivity index (χ0) is 21.1. The van der Waals surface area contributed by atoms with Gasteiger partial charge in [0.05, 0.1) is 38.6 Å². The lowest BCUT2D eigenvalue weighted by Crippen LogP contribution is -2.46. The van der Waals surface area contributed by atoms with Gasteiger partial charge >= 0.3 is 5.97 Å². The van der Waals surface area contributed by atoms with Gasteiger partial charge in [-0.2, -0.15) is 0 Å². The number of thiocarbonyl (C=S) groups is 1. The molecule has 0 heterocycles. The van der Waals surface area contributed by atoms with Gasteiger partial charge in [-0.3, -0.25) is 4.79 Å². The summed E-state index contributed by atoms with van der Waals surface area (Å²) in [7, 11) is 4.28. The molecule has 0 aliphatic carbocycles. The first-order chi connectivity index (χ1) is 13.4. The number of amides is 1. The van der Waals surface area contributed by atoms with Crippen molar-refractivity contribution >= 4 is 46.5 Å². The second kappa shape index (κ2) is 12.2. The number of ether oxygens (including phenoxy) is 3. The Morgan fingerprint density at radius 1 is 1.18 bits per heavy atom.